The summed E-state index contributed by atoms with van der Waals surface area (Å²) in [7, 11) is 0. The number of carbonyl (C=O) groups is 1. The van der Waals surface area contributed by atoms with Crippen molar-refractivity contribution in [3.63, 3.8) is 0 Å². The summed E-state index contributed by atoms with van der Waals surface area (Å²) < 4.78 is 0. The number of piperazine rings is 1. The summed E-state index contributed by atoms with van der Waals surface area (Å²) in [5.41, 5.74) is 3.67. The van der Waals surface area contributed by atoms with Crippen LogP contribution in [0.5, 0.6) is 0 Å². The van der Waals surface area contributed by atoms with Gasteiger partial charge < -0.3 is 9.80 Å². The lowest BCUT2D eigenvalue weighted by Crippen LogP contribution is -2.49. The minimum atomic E-state index is 0.227. The van der Waals surface area contributed by atoms with Gasteiger partial charge in [0.15, 0.2) is 0 Å². The SMILES string of the molecule is Cc1ccccc1N1CCN(C(=O)Cc2ccc3ccccc3c2)CC1. The fourth-order valence-corrected chi connectivity index (χ4v) is 3.75. The number of hydrogen-bond donors (Lipinski definition) is 0. The molecule has 3 heteroatoms. The molecule has 26 heavy (non-hydrogen) atoms. The summed E-state index contributed by atoms with van der Waals surface area (Å²) in [5.74, 6) is 0.227. The normalized spacial score (nSPS) is 14.7. The van der Waals surface area contributed by atoms with Crippen LogP contribution in [-0.2, 0) is 11.2 Å². The molecule has 132 valence electrons. The summed E-state index contributed by atoms with van der Waals surface area (Å²) in [6.07, 6.45) is 0.481. The van der Waals surface area contributed by atoms with Crippen molar-refractivity contribution < 1.29 is 4.79 Å². The molecule has 1 aliphatic heterocycles. The summed E-state index contributed by atoms with van der Waals surface area (Å²) in [6, 6.07) is 23.1. The molecule has 1 fully saturated rings. The molecule has 0 aromatic heterocycles. The number of hydrogen-bond acceptors (Lipinski definition) is 2. The van der Waals surface area contributed by atoms with E-state index >= 15 is 0 Å². The molecule has 0 N–H and O–H groups in total. The highest BCUT2D eigenvalue weighted by Crippen LogP contribution is 2.21. The van der Waals surface area contributed by atoms with Crippen molar-refractivity contribution in [1.29, 1.82) is 0 Å². The van der Waals surface area contributed by atoms with E-state index in [4.69, 9.17) is 0 Å². The van der Waals surface area contributed by atoms with E-state index in [0.29, 0.717) is 6.42 Å². The molecule has 3 aromatic rings. The molecule has 3 nitrogen and oxygen atoms in total. The number of rotatable bonds is 3. The molecular weight excluding hydrogens is 320 g/mol. The van der Waals surface area contributed by atoms with Gasteiger partial charge in [0, 0.05) is 31.9 Å². The average Bonchev–Trinajstić information content (AvgIpc) is 2.68. The Morgan fingerprint density at radius 3 is 2.31 bits per heavy atom. The van der Waals surface area contributed by atoms with E-state index < -0.39 is 0 Å². The van der Waals surface area contributed by atoms with Crippen molar-refractivity contribution in [3.8, 4) is 0 Å². The number of benzene rings is 3. The van der Waals surface area contributed by atoms with Crippen LogP contribution in [0.3, 0.4) is 0 Å². The van der Waals surface area contributed by atoms with Gasteiger partial charge in [-0.15, -0.1) is 0 Å². The molecular formula is C23H24N2O. The number of fused-ring (bicyclic) bond motifs is 1. The Bertz CT molecular complexity index is 926. The standard InChI is InChI=1S/C23H24N2O/c1-18-6-2-5-9-22(18)24-12-14-25(15-13-24)23(26)17-19-10-11-20-7-3-4-8-21(20)16-19/h2-11,16H,12-15,17H2,1H3. The van der Waals surface area contributed by atoms with Crippen molar-refractivity contribution in [2.75, 3.05) is 31.1 Å². The third-order valence-corrected chi connectivity index (χ3v) is 5.26. The van der Waals surface area contributed by atoms with Gasteiger partial charge in [0.05, 0.1) is 6.42 Å². The number of aryl methyl sites for hydroxylation is 1. The van der Waals surface area contributed by atoms with Gasteiger partial charge in [0.25, 0.3) is 0 Å². The first-order chi connectivity index (χ1) is 12.7. The lowest BCUT2D eigenvalue weighted by Gasteiger charge is -2.37. The second-order valence-electron chi connectivity index (χ2n) is 7.01. The Morgan fingerprint density at radius 1 is 0.846 bits per heavy atom. The summed E-state index contributed by atoms with van der Waals surface area (Å²) in [6.45, 7) is 5.52. The zero-order chi connectivity index (χ0) is 17.9. The quantitative estimate of drug-likeness (QED) is 0.716. The van der Waals surface area contributed by atoms with Crippen molar-refractivity contribution >= 4 is 22.4 Å². The fraction of sp³-hybridized carbons (Fsp3) is 0.261. The Labute approximate surface area is 154 Å². The third kappa shape index (κ3) is 3.43. The third-order valence-electron chi connectivity index (χ3n) is 5.26. The van der Waals surface area contributed by atoms with Gasteiger partial charge in [-0.25, -0.2) is 0 Å². The maximum Gasteiger partial charge on any atom is 0.227 e. The first-order valence-corrected chi connectivity index (χ1v) is 9.27. The zero-order valence-corrected chi connectivity index (χ0v) is 15.2. The fourth-order valence-electron chi connectivity index (χ4n) is 3.75. The van der Waals surface area contributed by atoms with Crippen LogP contribution in [0.25, 0.3) is 10.8 Å². The summed E-state index contributed by atoms with van der Waals surface area (Å²) in [4.78, 5) is 17.1. The molecule has 4 rings (SSSR count). The van der Waals surface area contributed by atoms with Crippen LogP contribution in [0, 0.1) is 6.92 Å². The molecule has 0 atom stereocenters. The molecule has 1 aliphatic rings. The van der Waals surface area contributed by atoms with Crippen molar-refractivity contribution in [3.05, 3.63) is 77.9 Å². The minimum absolute atomic E-state index is 0.227. The number of anilines is 1. The highest BCUT2D eigenvalue weighted by atomic mass is 16.2. The van der Waals surface area contributed by atoms with Crippen LogP contribution in [0.4, 0.5) is 5.69 Å². The number of para-hydroxylation sites is 1. The average molecular weight is 344 g/mol. The van der Waals surface area contributed by atoms with Gasteiger partial charge in [0.1, 0.15) is 0 Å². The largest absolute Gasteiger partial charge is 0.368 e. The smallest absolute Gasteiger partial charge is 0.227 e. The van der Waals surface area contributed by atoms with Gasteiger partial charge in [-0.05, 0) is 34.9 Å². The van der Waals surface area contributed by atoms with Gasteiger partial charge >= 0.3 is 0 Å². The van der Waals surface area contributed by atoms with Gasteiger partial charge in [-0.3, -0.25) is 4.79 Å². The number of nitrogens with zero attached hydrogens (tertiary/aromatic N) is 2. The lowest BCUT2D eigenvalue weighted by molar-refractivity contribution is -0.130. The van der Waals surface area contributed by atoms with Crippen LogP contribution < -0.4 is 4.90 Å². The van der Waals surface area contributed by atoms with E-state index in [1.807, 2.05) is 17.0 Å². The Balaban J connectivity index is 1.39. The highest BCUT2D eigenvalue weighted by molar-refractivity contribution is 5.85. The van der Waals surface area contributed by atoms with Crippen molar-refractivity contribution in [2.24, 2.45) is 0 Å². The van der Waals surface area contributed by atoms with Crippen LogP contribution in [0.15, 0.2) is 66.7 Å². The Kier molecular flexibility index (Phi) is 4.61. The van der Waals surface area contributed by atoms with E-state index in [1.54, 1.807) is 0 Å². The topological polar surface area (TPSA) is 23.6 Å². The molecule has 1 amide bonds. The monoisotopic (exact) mass is 344 g/mol. The van der Waals surface area contributed by atoms with E-state index in [9.17, 15) is 4.79 Å². The summed E-state index contributed by atoms with van der Waals surface area (Å²) in [5, 5.41) is 2.41. The first kappa shape index (κ1) is 16.6. The molecule has 1 heterocycles. The first-order valence-electron chi connectivity index (χ1n) is 9.27. The van der Waals surface area contributed by atoms with Gasteiger partial charge in [0.2, 0.25) is 5.91 Å². The van der Waals surface area contributed by atoms with E-state index in [-0.39, 0.29) is 5.91 Å². The van der Waals surface area contributed by atoms with Gasteiger partial charge in [-0.1, -0.05) is 60.7 Å². The maximum absolute atomic E-state index is 12.7. The zero-order valence-electron chi connectivity index (χ0n) is 15.2. The molecule has 0 aliphatic carbocycles. The van der Waals surface area contributed by atoms with Gasteiger partial charge in [-0.2, -0.15) is 0 Å². The second-order valence-corrected chi connectivity index (χ2v) is 7.01. The van der Waals surface area contributed by atoms with E-state index in [1.165, 1.54) is 22.0 Å². The molecule has 0 spiro atoms. The van der Waals surface area contributed by atoms with E-state index in [0.717, 1.165) is 31.7 Å². The Morgan fingerprint density at radius 2 is 1.54 bits per heavy atom. The summed E-state index contributed by atoms with van der Waals surface area (Å²) >= 11 is 0. The minimum Gasteiger partial charge on any atom is -0.368 e. The molecule has 0 bridgehead atoms. The highest BCUT2D eigenvalue weighted by Gasteiger charge is 2.22. The molecule has 3 aromatic carbocycles. The van der Waals surface area contributed by atoms with E-state index in [2.05, 4.69) is 66.4 Å². The van der Waals surface area contributed by atoms with Crippen LogP contribution >= 0.6 is 0 Å². The number of carbonyl (C=O) groups excluding carboxylic acids is 1. The van der Waals surface area contributed by atoms with Crippen LogP contribution in [0.1, 0.15) is 11.1 Å². The molecule has 0 radical (unpaired) electrons. The molecule has 0 saturated carbocycles. The van der Waals surface area contributed by atoms with Crippen LogP contribution in [0.2, 0.25) is 0 Å². The predicted molar refractivity (Wildman–Crippen MR) is 108 cm³/mol. The van der Waals surface area contributed by atoms with Crippen molar-refractivity contribution in [2.45, 2.75) is 13.3 Å². The lowest BCUT2D eigenvalue weighted by atomic mass is 10.0. The van der Waals surface area contributed by atoms with Crippen molar-refractivity contribution in [1.82, 2.24) is 4.90 Å². The number of amides is 1. The molecule has 1 saturated heterocycles. The second kappa shape index (κ2) is 7.20. The predicted octanol–water partition coefficient (Wildman–Crippen LogP) is 4.04. The Hall–Kier alpha value is -2.81. The van der Waals surface area contributed by atoms with Crippen LogP contribution in [-0.4, -0.2) is 37.0 Å². The maximum atomic E-state index is 12.7. The molecule has 0 unspecified atom stereocenters.